The van der Waals surface area contributed by atoms with Crippen LogP contribution >= 0.6 is 0 Å². The first-order valence-corrected chi connectivity index (χ1v) is 27.0. The molecular weight excluding hydrogens is 853 g/mol. The van der Waals surface area contributed by atoms with Crippen LogP contribution in [0.25, 0.3) is 0 Å². The molecule has 0 aromatic heterocycles. The molecule has 0 spiro atoms. The van der Waals surface area contributed by atoms with Crippen molar-refractivity contribution in [2.45, 2.75) is 207 Å². The molecule has 6 heteroatoms. The SMILES string of the molecule is CC/C=C\C/C=C\C/C=C\C/C=C\C/C=C\C/C=C\C/C=C\C/C=C\C/C=C\CCCCCC(=O)OCC(COC(=O)CCCCCCC)OC(=O)CCCC/C=C\C/C=C\C/C=C\C/C=C\CC. The van der Waals surface area contributed by atoms with Gasteiger partial charge in [-0.15, -0.1) is 0 Å². The monoisotopic (exact) mass is 949 g/mol. The number of ether oxygens (including phenoxy) is 3. The smallest absolute Gasteiger partial charge is 0.306 e. The normalized spacial score (nSPS) is 13.4. The highest BCUT2D eigenvalue weighted by molar-refractivity contribution is 5.71. The van der Waals surface area contributed by atoms with Gasteiger partial charge in [-0.25, -0.2) is 0 Å². The Morgan fingerprint density at radius 3 is 0.899 bits per heavy atom. The number of hydrogen-bond donors (Lipinski definition) is 0. The summed E-state index contributed by atoms with van der Waals surface area (Å²) in [6.07, 6.45) is 81.4. The van der Waals surface area contributed by atoms with Crippen LogP contribution in [0.15, 0.2) is 158 Å². The molecule has 0 heterocycles. The highest BCUT2D eigenvalue weighted by Gasteiger charge is 2.19. The van der Waals surface area contributed by atoms with E-state index in [1.807, 2.05) is 0 Å². The maximum absolute atomic E-state index is 12.7. The Labute approximate surface area is 422 Å². The van der Waals surface area contributed by atoms with E-state index < -0.39 is 6.10 Å². The second kappa shape index (κ2) is 55.6. The standard InChI is InChI=1S/C63H96O6/c1-4-7-10-13-15-17-19-21-23-24-25-26-27-28-29-30-31-32-33-34-35-36-37-38-40-41-43-45-47-50-53-56-62(65)68-59-60(58-67-61(64)55-52-49-12-9-6-3)69-63(66)57-54-51-48-46-44-42-39-22-20-18-16-14-11-8-5-2/h7-8,10-11,15-18,21-23,25-26,28-29,31-32,34-35,37-39,41,43-44,46,60H,4-6,9,12-14,19-20,24,27,30,33,36,40,42,45,47-59H2,1-3H3/b10-7-,11-8-,17-15-,18-16-,23-21-,26-25-,29-28-,32-31-,35-34-,38-37-,39-22-,43-41-,46-44-. The number of carbonyl (C=O) groups excluding carboxylic acids is 3. The van der Waals surface area contributed by atoms with Gasteiger partial charge in [0.05, 0.1) is 0 Å². The molecule has 0 aliphatic carbocycles. The summed E-state index contributed by atoms with van der Waals surface area (Å²) < 4.78 is 16.6. The third-order valence-electron chi connectivity index (χ3n) is 10.5. The molecular formula is C63H96O6. The summed E-state index contributed by atoms with van der Waals surface area (Å²) in [5.74, 6) is -1.02. The van der Waals surface area contributed by atoms with Crippen LogP contribution in [0.1, 0.15) is 201 Å². The second-order valence-electron chi connectivity index (χ2n) is 17.0. The van der Waals surface area contributed by atoms with Crippen molar-refractivity contribution in [3.8, 4) is 0 Å². The van der Waals surface area contributed by atoms with Crippen LogP contribution in [-0.4, -0.2) is 37.2 Å². The predicted octanol–water partition coefficient (Wildman–Crippen LogP) is 18.2. The van der Waals surface area contributed by atoms with E-state index in [2.05, 4.69) is 179 Å². The Bertz CT molecular complexity index is 1610. The van der Waals surface area contributed by atoms with Crippen LogP contribution in [0.3, 0.4) is 0 Å². The number of rotatable bonds is 46. The fourth-order valence-corrected chi connectivity index (χ4v) is 6.54. The van der Waals surface area contributed by atoms with Crippen LogP contribution < -0.4 is 0 Å². The lowest BCUT2D eigenvalue weighted by atomic mass is 10.1. The molecule has 0 rings (SSSR count). The molecule has 0 aromatic carbocycles. The van der Waals surface area contributed by atoms with Crippen LogP contribution in [0.4, 0.5) is 0 Å². The first-order valence-electron chi connectivity index (χ1n) is 27.0. The Kier molecular flexibility index (Phi) is 51.6. The van der Waals surface area contributed by atoms with Crippen molar-refractivity contribution >= 4 is 17.9 Å². The van der Waals surface area contributed by atoms with E-state index in [4.69, 9.17) is 14.2 Å². The van der Waals surface area contributed by atoms with Gasteiger partial charge in [0, 0.05) is 19.3 Å². The third kappa shape index (κ3) is 53.8. The van der Waals surface area contributed by atoms with Crippen molar-refractivity contribution in [3.05, 3.63) is 158 Å². The lowest BCUT2D eigenvalue weighted by Gasteiger charge is -2.18. The minimum atomic E-state index is -0.816. The lowest BCUT2D eigenvalue weighted by Crippen LogP contribution is -2.30. The van der Waals surface area contributed by atoms with Crippen molar-refractivity contribution in [1.82, 2.24) is 0 Å². The third-order valence-corrected chi connectivity index (χ3v) is 10.5. The van der Waals surface area contributed by atoms with Crippen LogP contribution in [0.5, 0.6) is 0 Å². The predicted molar refractivity (Wildman–Crippen MR) is 297 cm³/mol. The van der Waals surface area contributed by atoms with Gasteiger partial charge >= 0.3 is 17.9 Å². The average molecular weight is 949 g/mol. The number of carbonyl (C=O) groups is 3. The zero-order valence-electron chi connectivity index (χ0n) is 43.8. The molecule has 0 saturated heterocycles. The zero-order chi connectivity index (χ0) is 50.0. The van der Waals surface area contributed by atoms with Gasteiger partial charge in [0.25, 0.3) is 0 Å². The van der Waals surface area contributed by atoms with E-state index >= 15 is 0 Å². The van der Waals surface area contributed by atoms with E-state index in [0.717, 1.165) is 154 Å². The fraction of sp³-hybridized carbons (Fsp3) is 0.540. The number of allylic oxidation sites excluding steroid dienone is 26. The summed E-state index contributed by atoms with van der Waals surface area (Å²) in [7, 11) is 0. The average Bonchev–Trinajstić information content (AvgIpc) is 3.35. The van der Waals surface area contributed by atoms with E-state index in [1.165, 1.54) is 0 Å². The quantitative estimate of drug-likeness (QED) is 0.0262. The van der Waals surface area contributed by atoms with Crippen LogP contribution in [0.2, 0.25) is 0 Å². The molecule has 6 nitrogen and oxygen atoms in total. The maximum atomic E-state index is 12.7. The topological polar surface area (TPSA) is 78.9 Å². The number of unbranched alkanes of at least 4 members (excludes halogenated alkanes) is 9. The molecule has 0 aliphatic rings. The van der Waals surface area contributed by atoms with E-state index in [9.17, 15) is 14.4 Å². The van der Waals surface area contributed by atoms with Crippen molar-refractivity contribution in [2.24, 2.45) is 0 Å². The van der Waals surface area contributed by atoms with Gasteiger partial charge in [-0.1, -0.05) is 211 Å². The summed E-state index contributed by atoms with van der Waals surface area (Å²) in [5.41, 5.74) is 0. The van der Waals surface area contributed by atoms with Gasteiger partial charge < -0.3 is 14.2 Å². The van der Waals surface area contributed by atoms with Gasteiger partial charge in [-0.05, 0) is 128 Å². The van der Waals surface area contributed by atoms with Crippen molar-refractivity contribution < 1.29 is 28.6 Å². The highest BCUT2D eigenvalue weighted by atomic mass is 16.6. The number of esters is 3. The Hall–Kier alpha value is -4.97. The fourth-order valence-electron chi connectivity index (χ4n) is 6.54. The summed E-state index contributed by atoms with van der Waals surface area (Å²) in [4.78, 5) is 37.7. The van der Waals surface area contributed by atoms with E-state index in [1.54, 1.807) is 0 Å². The lowest BCUT2D eigenvalue weighted by molar-refractivity contribution is -0.167. The summed E-state index contributed by atoms with van der Waals surface area (Å²) >= 11 is 0. The molecule has 0 saturated carbocycles. The van der Waals surface area contributed by atoms with Gasteiger partial charge in [0.1, 0.15) is 13.2 Å². The molecule has 0 N–H and O–H groups in total. The molecule has 1 unspecified atom stereocenters. The van der Waals surface area contributed by atoms with Crippen LogP contribution in [0, 0.1) is 0 Å². The molecule has 0 fully saturated rings. The molecule has 1 atom stereocenters. The molecule has 0 bridgehead atoms. The molecule has 0 radical (unpaired) electrons. The van der Waals surface area contributed by atoms with Crippen molar-refractivity contribution in [3.63, 3.8) is 0 Å². The molecule has 0 amide bonds. The van der Waals surface area contributed by atoms with Gasteiger partial charge in [0.15, 0.2) is 6.10 Å². The minimum absolute atomic E-state index is 0.113. The van der Waals surface area contributed by atoms with E-state index in [0.29, 0.717) is 19.3 Å². The van der Waals surface area contributed by atoms with Gasteiger partial charge in [-0.2, -0.15) is 0 Å². The zero-order valence-corrected chi connectivity index (χ0v) is 43.8. The van der Waals surface area contributed by atoms with Crippen LogP contribution in [-0.2, 0) is 28.6 Å². The summed E-state index contributed by atoms with van der Waals surface area (Å²) in [6.45, 7) is 6.22. The first-order chi connectivity index (χ1) is 34.0. The van der Waals surface area contributed by atoms with E-state index in [-0.39, 0.29) is 37.5 Å². The summed E-state index contributed by atoms with van der Waals surface area (Å²) in [5, 5.41) is 0. The minimum Gasteiger partial charge on any atom is -0.462 e. The Morgan fingerprint density at radius 2 is 0.565 bits per heavy atom. The van der Waals surface area contributed by atoms with Crippen molar-refractivity contribution in [2.75, 3.05) is 13.2 Å². The molecule has 69 heavy (non-hydrogen) atoms. The molecule has 0 aromatic rings. The Balaban J connectivity index is 4.25. The van der Waals surface area contributed by atoms with Gasteiger partial charge in [-0.3, -0.25) is 14.4 Å². The molecule has 384 valence electrons. The second-order valence-corrected chi connectivity index (χ2v) is 17.0. The van der Waals surface area contributed by atoms with Crippen molar-refractivity contribution in [1.29, 1.82) is 0 Å². The highest BCUT2D eigenvalue weighted by Crippen LogP contribution is 2.11. The summed E-state index contributed by atoms with van der Waals surface area (Å²) in [6, 6.07) is 0. The van der Waals surface area contributed by atoms with Gasteiger partial charge in [0.2, 0.25) is 0 Å². The maximum Gasteiger partial charge on any atom is 0.306 e. The number of hydrogen-bond acceptors (Lipinski definition) is 6. The first kappa shape index (κ1) is 64.0. The Morgan fingerprint density at radius 1 is 0.304 bits per heavy atom. The largest absolute Gasteiger partial charge is 0.462 e. The molecule has 0 aliphatic heterocycles.